The summed E-state index contributed by atoms with van der Waals surface area (Å²) in [6.07, 6.45) is 3.29. The first-order chi connectivity index (χ1) is 9.33. The van der Waals surface area contributed by atoms with Crippen molar-refractivity contribution in [2.45, 2.75) is 13.0 Å². The highest BCUT2D eigenvalue weighted by Gasteiger charge is 2.08. The largest absolute Gasteiger partial charge is 0.368 e. The van der Waals surface area contributed by atoms with Crippen LogP contribution in [0.15, 0.2) is 36.8 Å². The van der Waals surface area contributed by atoms with E-state index in [0.717, 1.165) is 16.3 Å². The van der Waals surface area contributed by atoms with Crippen molar-refractivity contribution < 1.29 is 0 Å². The van der Waals surface area contributed by atoms with E-state index in [0.29, 0.717) is 0 Å². The molecule has 0 aliphatic carbocycles. The molecule has 3 rings (SSSR count). The van der Waals surface area contributed by atoms with Crippen LogP contribution in [0.2, 0.25) is 0 Å². The quantitative estimate of drug-likeness (QED) is 0.779. The minimum atomic E-state index is 0.152. The molecule has 0 aliphatic rings. The molecule has 0 bridgehead atoms. The van der Waals surface area contributed by atoms with Crippen molar-refractivity contribution in [1.29, 1.82) is 0 Å². The summed E-state index contributed by atoms with van der Waals surface area (Å²) < 4.78 is 5.46. The van der Waals surface area contributed by atoms with Crippen LogP contribution in [-0.2, 0) is 0 Å². The first kappa shape index (κ1) is 11.7. The maximum absolute atomic E-state index is 3.88. The molecule has 0 aliphatic heterocycles. The predicted molar refractivity (Wildman–Crippen MR) is 71.1 cm³/mol. The van der Waals surface area contributed by atoms with Crippen molar-refractivity contribution in [3.8, 4) is 5.69 Å². The molecule has 0 fully saturated rings. The van der Waals surface area contributed by atoms with Crippen LogP contribution in [-0.4, -0.2) is 29.8 Å². The van der Waals surface area contributed by atoms with Crippen LogP contribution in [0.5, 0.6) is 0 Å². The molecule has 0 saturated carbocycles. The standard InChI is InChI=1S/C11H11N7S/c1-8(14-11-6-12-17-19-11)9-3-2-4-10(5-9)18-7-13-15-16-18/h2-8,14H,1H3. The van der Waals surface area contributed by atoms with Crippen LogP contribution in [0.4, 0.5) is 5.00 Å². The van der Waals surface area contributed by atoms with E-state index >= 15 is 0 Å². The zero-order valence-corrected chi connectivity index (χ0v) is 10.9. The zero-order chi connectivity index (χ0) is 13.1. The zero-order valence-electron chi connectivity index (χ0n) is 10.1. The molecule has 8 heteroatoms. The fourth-order valence-electron chi connectivity index (χ4n) is 1.74. The van der Waals surface area contributed by atoms with Gasteiger partial charge in [0.2, 0.25) is 0 Å². The molecule has 1 aromatic carbocycles. The number of nitrogens with one attached hydrogen (secondary N) is 1. The molecule has 2 heterocycles. The van der Waals surface area contributed by atoms with Gasteiger partial charge in [-0.25, -0.2) is 4.68 Å². The molecule has 3 aromatic rings. The predicted octanol–water partition coefficient (Wildman–Crippen LogP) is 1.69. The Morgan fingerprint density at radius 3 is 3.00 bits per heavy atom. The molecule has 0 radical (unpaired) electrons. The Morgan fingerprint density at radius 2 is 2.26 bits per heavy atom. The Kier molecular flexibility index (Phi) is 3.15. The van der Waals surface area contributed by atoms with Crippen LogP contribution < -0.4 is 5.32 Å². The fourth-order valence-corrected chi connectivity index (χ4v) is 2.25. The van der Waals surface area contributed by atoms with Gasteiger partial charge in [0.1, 0.15) is 11.3 Å². The normalized spacial score (nSPS) is 12.3. The van der Waals surface area contributed by atoms with Gasteiger partial charge in [0, 0.05) is 17.6 Å². The Hall–Kier alpha value is -2.35. The number of tetrazole rings is 1. The number of aromatic nitrogens is 6. The third kappa shape index (κ3) is 2.58. The number of nitrogens with zero attached hydrogens (tertiary/aromatic N) is 6. The first-order valence-electron chi connectivity index (χ1n) is 5.70. The van der Waals surface area contributed by atoms with E-state index in [1.807, 2.05) is 18.2 Å². The van der Waals surface area contributed by atoms with E-state index in [1.165, 1.54) is 11.5 Å². The summed E-state index contributed by atoms with van der Waals surface area (Å²) in [7, 11) is 0. The molecule has 1 atom stereocenters. The monoisotopic (exact) mass is 273 g/mol. The van der Waals surface area contributed by atoms with E-state index in [2.05, 4.69) is 43.4 Å². The maximum atomic E-state index is 3.88. The Morgan fingerprint density at radius 1 is 1.32 bits per heavy atom. The van der Waals surface area contributed by atoms with E-state index < -0.39 is 0 Å². The third-order valence-electron chi connectivity index (χ3n) is 2.70. The van der Waals surface area contributed by atoms with Crippen LogP contribution in [0.25, 0.3) is 5.69 Å². The minimum Gasteiger partial charge on any atom is -0.368 e. The lowest BCUT2D eigenvalue weighted by Crippen LogP contribution is -2.06. The summed E-state index contributed by atoms with van der Waals surface area (Å²) in [5.41, 5.74) is 2.07. The Bertz CT molecular complexity index is 635. The second-order valence-electron chi connectivity index (χ2n) is 4.00. The highest BCUT2D eigenvalue weighted by Crippen LogP contribution is 2.22. The summed E-state index contributed by atoms with van der Waals surface area (Å²) in [5.74, 6) is 0. The second kappa shape index (κ2) is 5.11. The molecule has 1 unspecified atom stereocenters. The average Bonchev–Trinajstić information content (AvgIpc) is 3.12. The number of anilines is 1. The molecule has 1 N–H and O–H groups in total. The van der Waals surface area contributed by atoms with Crippen molar-refractivity contribution >= 4 is 16.5 Å². The van der Waals surface area contributed by atoms with Crippen molar-refractivity contribution in [3.63, 3.8) is 0 Å². The van der Waals surface area contributed by atoms with Crippen molar-refractivity contribution in [3.05, 3.63) is 42.4 Å². The first-order valence-corrected chi connectivity index (χ1v) is 6.47. The maximum Gasteiger partial charge on any atom is 0.143 e. The molecule has 0 saturated heterocycles. The molecule has 2 aromatic heterocycles. The highest BCUT2D eigenvalue weighted by atomic mass is 32.1. The summed E-state index contributed by atoms with van der Waals surface area (Å²) >= 11 is 1.34. The number of hydrogen-bond acceptors (Lipinski definition) is 7. The van der Waals surface area contributed by atoms with Gasteiger partial charge in [-0.1, -0.05) is 16.6 Å². The second-order valence-corrected chi connectivity index (χ2v) is 4.78. The Labute approximate surface area is 113 Å². The highest BCUT2D eigenvalue weighted by molar-refractivity contribution is 7.09. The summed E-state index contributed by atoms with van der Waals surface area (Å²) in [4.78, 5) is 0. The molecule has 96 valence electrons. The molecular formula is C11H11N7S. The molecule has 0 spiro atoms. The van der Waals surface area contributed by atoms with Crippen LogP contribution in [0.1, 0.15) is 18.5 Å². The van der Waals surface area contributed by atoms with Gasteiger partial charge in [0.15, 0.2) is 0 Å². The molecule has 19 heavy (non-hydrogen) atoms. The van der Waals surface area contributed by atoms with Crippen LogP contribution in [0, 0.1) is 0 Å². The van der Waals surface area contributed by atoms with Crippen molar-refractivity contribution in [2.24, 2.45) is 0 Å². The van der Waals surface area contributed by atoms with Gasteiger partial charge < -0.3 is 5.32 Å². The number of hydrogen-bond donors (Lipinski definition) is 1. The van der Waals surface area contributed by atoms with Gasteiger partial charge in [-0.2, -0.15) is 0 Å². The van der Waals surface area contributed by atoms with Crippen molar-refractivity contribution in [2.75, 3.05) is 5.32 Å². The van der Waals surface area contributed by atoms with E-state index in [-0.39, 0.29) is 6.04 Å². The summed E-state index contributed by atoms with van der Waals surface area (Å²) in [5, 5.41) is 19.2. The van der Waals surface area contributed by atoms with Gasteiger partial charge in [0.25, 0.3) is 0 Å². The smallest absolute Gasteiger partial charge is 0.143 e. The fraction of sp³-hybridized carbons (Fsp3) is 0.182. The molecular weight excluding hydrogens is 262 g/mol. The van der Waals surface area contributed by atoms with Gasteiger partial charge in [-0.15, -0.1) is 10.2 Å². The van der Waals surface area contributed by atoms with Crippen LogP contribution in [0.3, 0.4) is 0 Å². The molecule has 0 amide bonds. The van der Waals surface area contributed by atoms with E-state index in [1.54, 1.807) is 17.2 Å². The lowest BCUT2D eigenvalue weighted by molar-refractivity contribution is 0.785. The lowest BCUT2D eigenvalue weighted by Gasteiger charge is -2.14. The SMILES string of the molecule is CC(Nc1cnns1)c1cccc(-n2cnnn2)c1. The van der Waals surface area contributed by atoms with E-state index in [9.17, 15) is 0 Å². The van der Waals surface area contributed by atoms with E-state index in [4.69, 9.17) is 0 Å². The van der Waals surface area contributed by atoms with Gasteiger partial charge >= 0.3 is 0 Å². The molecule has 7 nitrogen and oxygen atoms in total. The van der Waals surface area contributed by atoms with Gasteiger partial charge in [-0.3, -0.25) is 0 Å². The summed E-state index contributed by atoms with van der Waals surface area (Å²) in [6, 6.07) is 8.19. The van der Waals surface area contributed by atoms with Crippen LogP contribution >= 0.6 is 11.5 Å². The average molecular weight is 273 g/mol. The minimum absolute atomic E-state index is 0.152. The number of rotatable bonds is 4. The third-order valence-corrected chi connectivity index (χ3v) is 3.30. The Balaban J connectivity index is 1.83. The van der Waals surface area contributed by atoms with Crippen molar-refractivity contribution in [1.82, 2.24) is 29.8 Å². The topological polar surface area (TPSA) is 81.4 Å². The van der Waals surface area contributed by atoms with Gasteiger partial charge in [0.05, 0.1) is 11.9 Å². The number of benzene rings is 1. The summed E-state index contributed by atoms with van der Waals surface area (Å²) in [6.45, 7) is 2.08. The van der Waals surface area contributed by atoms with Gasteiger partial charge in [-0.05, 0) is 35.0 Å². The lowest BCUT2D eigenvalue weighted by atomic mass is 10.1.